The van der Waals surface area contributed by atoms with E-state index in [0.717, 1.165) is 13.1 Å². The molecule has 1 amide bonds. The molecule has 0 radical (unpaired) electrons. The monoisotopic (exact) mass is 260 g/mol. The quantitative estimate of drug-likeness (QED) is 0.602. The summed E-state index contributed by atoms with van der Waals surface area (Å²) >= 11 is 0. The van der Waals surface area contributed by atoms with Gasteiger partial charge in [0.2, 0.25) is 0 Å². The zero-order chi connectivity index (χ0) is 13.2. The first kappa shape index (κ1) is 12.4. The van der Waals surface area contributed by atoms with Crippen molar-refractivity contribution in [1.29, 1.82) is 0 Å². The Morgan fingerprint density at radius 2 is 1.95 bits per heavy atom. The Bertz CT molecular complexity index is 454. The standard InChI is InChI=1S/C14H20N4O/c15-17-13-5-6-16-7-12(13)14(19)18(8-10-1-2-10)9-11-3-4-11/h5-7,10-11H,1-4,8-9,15H2,(H,16,17). The lowest BCUT2D eigenvalue weighted by Crippen LogP contribution is -2.35. The molecule has 0 unspecified atom stereocenters. The van der Waals surface area contributed by atoms with Crippen molar-refractivity contribution in [3.05, 3.63) is 24.0 Å². The van der Waals surface area contributed by atoms with E-state index in [-0.39, 0.29) is 5.91 Å². The number of nitrogen functional groups attached to an aromatic ring is 1. The van der Waals surface area contributed by atoms with E-state index in [1.165, 1.54) is 25.7 Å². The van der Waals surface area contributed by atoms with Gasteiger partial charge in [-0.3, -0.25) is 15.6 Å². The van der Waals surface area contributed by atoms with E-state index in [0.29, 0.717) is 23.1 Å². The van der Waals surface area contributed by atoms with Crippen molar-refractivity contribution < 1.29 is 4.79 Å². The van der Waals surface area contributed by atoms with E-state index < -0.39 is 0 Å². The fraction of sp³-hybridized carbons (Fsp3) is 0.571. The number of carbonyl (C=O) groups excluding carboxylic acids is 1. The van der Waals surface area contributed by atoms with Crippen LogP contribution in [0.15, 0.2) is 18.5 Å². The highest BCUT2D eigenvalue weighted by Crippen LogP contribution is 2.34. The maximum atomic E-state index is 12.6. The van der Waals surface area contributed by atoms with Crippen LogP contribution in [0.4, 0.5) is 5.69 Å². The summed E-state index contributed by atoms with van der Waals surface area (Å²) in [7, 11) is 0. The lowest BCUT2D eigenvalue weighted by molar-refractivity contribution is 0.0740. The van der Waals surface area contributed by atoms with Gasteiger partial charge in [-0.15, -0.1) is 0 Å². The molecule has 3 N–H and O–H groups in total. The number of anilines is 1. The first-order valence-corrected chi connectivity index (χ1v) is 6.98. The van der Waals surface area contributed by atoms with Gasteiger partial charge in [0.05, 0.1) is 11.3 Å². The largest absolute Gasteiger partial charge is 0.338 e. The fourth-order valence-corrected chi connectivity index (χ4v) is 2.33. The third kappa shape index (κ3) is 3.04. The van der Waals surface area contributed by atoms with Gasteiger partial charge in [0.1, 0.15) is 0 Å². The van der Waals surface area contributed by atoms with Crippen LogP contribution in [0, 0.1) is 11.8 Å². The van der Waals surface area contributed by atoms with E-state index in [4.69, 9.17) is 5.84 Å². The number of hydrogen-bond acceptors (Lipinski definition) is 4. The molecule has 2 aliphatic carbocycles. The van der Waals surface area contributed by atoms with Gasteiger partial charge in [-0.05, 0) is 43.6 Å². The van der Waals surface area contributed by atoms with Gasteiger partial charge < -0.3 is 10.3 Å². The molecule has 2 fully saturated rings. The minimum atomic E-state index is 0.0554. The molecule has 5 heteroatoms. The van der Waals surface area contributed by atoms with Gasteiger partial charge in [-0.2, -0.15) is 0 Å². The molecule has 0 atom stereocenters. The zero-order valence-corrected chi connectivity index (χ0v) is 11.0. The number of nitrogens with one attached hydrogen (secondary N) is 1. The molecule has 0 bridgehead atoms. The van der Waals surface area contributed by atoms with Crippen LogP contribution >= 0.6 is 0 Å². The summed E-state index contributed by atoms with van der Waals surface area (Å²) in [5, 5.41) is 0. The van der Waals surface area contributed by atoms with Crippen LogP contribution in [0.2, 0.25) is 0 Å². The molecule has 5 nitrogen and oxygen atoms in total. The number of rotatable bonds is 6. The highest BCUT2D eigenvalue weighted by molar-refractivity contribution is 5.99. The molecular formula is C14H20N4O. The smallest absolute Gasteiger partial charge is 0.257 e. The summed E-state index contributed by atoms with van der Waals surface area (Å²) in [6.45, 7) is 1.77. The van der Waals surface area contributed by atoms with Crippen molar-refractivity contribution in [2.75, 3.05) is 18.5 Å². The second kappa shape index (κ2) is 5.17. The van der Waals surface area contributed by atoms with Crippen molar-refractivity contribution in [1.82, 2.24) is 9.88 Å². The molecule has 19 heavy (non-hydrogen) atoms. The van der Waals surface area contributed by atoms with Crippen LogP contribution in [0.3, 0.4) is 0 Å². The Kier molecular flexibility index (Phi) is 3.38. The van der Waals surface area contributed by atoms with Crippen LogP contribution in [0.25, 0.3) is 0 Å². The highest BCUT2D eigenvalue weighted by Gasteiger charge is 2.32. The first-order valence-electron chi connectivity index (χ1n) is 6.98. The minimum Gasteiger partial charge on any atom is -0.338 e. The Labute approximate surface area is 113 Å². The molecule has 3 rings (SSSR count). The number of amides is 1. The first-order chi connectivity index (χ1) is 9.28. The summed E-state index contributed by atoms with van der Waals surface area (Å²) in [6.07, 6.45) is 8.25. The Morgan fingerprint density at radius 1 is 1.32 bits per heavy atom. The third-order valence-electron chi connectivity index (χ3n) is 3.85. The number of pyridine rings is 1. The van der Waals surface area contributed by atoms with Gasteiger partial charge in [-0.25, -0.2) is 0 Å². The summed E-state index contributed by atoms with van der Waals surface area (Å²) in [5.74, 6) is 6.93. The second-order valence-corrected chi connectivity index (χ2v) is 5.66. The zero-order valence-electron chi connectivity index (χ0n) is 11.0. The normalized spacial score (nSPS) is 18.2. The predicted octanol–water partition coefficient (Wildman–Crippen LogP) is 1.63. The average molecular weight is 260 g/mol. The van der Waals surface area contributed by atoms with Gasteiger partial charge in [0.25, 0.3) is 5.91 Å². The highest BCUT2D eigenvalue weighted by atomic mass is 16.2. The molecule has 0 aliphatic heterocycles. The molecule has 102 valence electrons. The number of carbonyl (C=O) groups is 1. The van der Waals surface area contributed by atoms with Crippen LogP contribution in [0.5, 0.6) is 0 Å². The van der Waals surface area contributed by atoms with Gasteiger partial charge in [-0.1, -0.05) is 0 Å². The number of nitrogens with zero attached hydrogens (tertiary/aromatic N) is 2. The Hall–Kier alpha value is -1.62. The summed E-state index contributed by atoms with van der Waals surface area (Å²) in [5.41, 5.74) is 3.81. The number of hydrogen-bond donors (Lipinski definition) is 2. The summed E-state index contributed by atoms with van der Waals surface area (Å²) in [4.78, 5) is 18.7. The van der Waals surface area contributed by atoms with E-state index in [9.17, 15) is 4.79 Å². The summed E-state index contributed by atoms with van der Waals surface area (Å²) in [6, 6.07) is 1.74. The molecule has 2 saturated carbocycles. The van der Waals surface area contributed by atoms with Gasteiger partial charge in [0, 0.05) is 25.5 Å². The van der Waals surface area contributed by atoms with Gasteiger partial charge in [0.15, 0.2) is 0 Å². The van der Waals surface area contributed by atoms with Crippen LogP contribution in [0.1, 0.15) is 36.0 Å². The molecule has 0 aromatic carbocycles. The molecular weight excluding hydrogens is 240 g/mol. The van der Waals surface area contributed by atoms with Crippen LogP contribution in [-0.4, -0.2) is 28.9 Å². The third-order valence-corrected chi connectivity index (χ3v) is 3.85. The van der Waals surface area contributed by atoms with E-state index in [1.54, 1.807) is 18.5 Å². The van der Waals surface area contributed by atoms with Crippen molar-refractivity contribution in [3.8, 4) is 0 Å². The second-order valence-electron chi connectivity index (χ2n) is 5.66. The predicted molar refractivity (Wildman–Crippen MR) is 73.4 cm³/mol. The van der Waals surface area contributed by atoms with E-state index in [2.05, 4.69) is 10.4 Å². The topological polar surface area (TPSA) is 71.2 Å². The minimum absolute atomic E-state index is 0.0554. The van der Waals surface area contributed by atoms with Crippen LogP contribution < -0.4 is 11.3 Å². The lowest BCUT2D eigenvalue weighted by Gasteiger charge is -2.23. The van der Waals surface area contributed by atoms with Crippen LogP contribution in [-0.2, 0) is 0 Å². The fourth-order valence-electron chi connectivity index (χ4n) is 2.33. The van der Waals surface area contributed by atoms with E-state index >= 15 is 0 Å². The molecule has 1 heterocycles. The molecule has 1 aromatic heterocycles. The van der Waals surface area contributed by atoms with Crippen molar-refractivity contribution in [2.24, 2.45) is 17.7 Å². The summed E-state index contributed by atoms with van der Waals surface area (Å²) < 4.78 is 0. The van der Waals surface area contributed by atoms with Crippen molar-refractivity contribution >= 4 is 11.6 Å². The number of nitrogens with two attached hydrogens (primary N) is 1. The van der Waals surface area contributed by atoms with Crippen molar-refractivity contribution in [3.63, 3.8) is 0 Å². The number of aromatic nitrogens is 1. The SMILES string of the molecule is NNc1ccncc1C(=O)N(CC1CC1)CC1CC1. The lowest BCUT2D eigenvalue weighted by atomic mass is 10.2. The molecule has 0 spiro atoms. The van der Waals surface area contributed by atoms with Crippen molar-refractivity contribution in [2.45, 2.75) is 25.7 Å². The molecule has 2 aliphatic rings. The number of hydrazine groups is 1. The molecule has 0 saturated heterocycles. The maximum Gasteiger partial charge on any atom is 0.257 e. The Balaban J connectivity index is 1.76. The van der Waals surface area contributed by atoms with E-state index in [1.807, 2.05) is 4.90 Å². The average Bonchev–Trinajstić information content (AvgIpc) is 3.32. The maximum absolute atomic E-state index is 12.6. The Morgan fingerprint density at radius 3 is 2.47 bits per heavy atom. The van der Waals surface area contributed by atoms with Gasteiger partial charge >= 0.3 is 0 Å². The molecule has 1 aromatic rings.